The van der Waals surface area contributed by atoms with E-state index in [-0.39, 0.29) is 0 Å². The molecule has 0 bridgehead atoms. The van der Waals surface area contributed by atoms with E-state index in [1.54, 1.807) is 0 Å². The maximum Gasteiger partial charge on any atom is 0.0468 e. The van der Waals surface area contributed by atoms with Crippen LogP contribution in [-0.4, -0.2) is 0 Å². The summed E-state index contributed by atoms with van der Waals surface area (Å²) >= 11 is 3.79. The Hall–Kier alpha value is -5.18. The number of anilines is 3. The predicted octanol–water partition coefficient (Wildman–Crippen LogP) is 12.8. The van der Waals surface area contributed by atoms with Crippen molar-refractivity contribution < 1.29 is 0 Å². The fourth-order valence-corrected chi connectivity index (χ4v) is 7.35. The van der Waals surface area contributed by atoms with Crippen molar-refractivity contribution in [2.24, 2.45) is 0 Å². The van der Waals surface area contributed by atoms with E-state index < -0.39 is 0 Å². The van der Waals surface area contributed by atoms with Crippen LogP contribution < -0.4 is 4.90 Å². The number of hydrogen-bond acceptors (Lipinski definition) is 1. The van der Waals surface area contributed by atoms with E-state index in [9.17, 15) is 0 Å². The van der Waals surface area contributed by atoms with Gasteiger partial charge in [0.1, 0.15) is 0 Å². The largest absolute Gasteiger partial charge is 0.310 e. The van der Waals surface area contributed by atoms with E-state index in [0.717, 1.165) is 21.5 Å². The molecular formula is C42H26BrN. The summed E-state index contributed by atoms with van der Waals surface area (Å²) in [4.78, 5) is 2.37. The lowest BCUT2D eigenvalue weighted by Crippen LogP contribution is -2.09. The molecule has 206 valence electrons. The average molecular weight is 625 g/mol. The predicted molar refractivity (Wildman–Crippen MR) is 193 cm³/mol. The summed E-state index contributed by atoms with van der Waals surface area (Å²) in [6, 6.07) is 57.6. The third-order valence-electron chi connectivity index (χ3n) is 9.03. The summed E-state index contributed by atoms with van der Waals surface area (Å²) in [6.07, 6.45) is 0. The van der Waals surface area contributed by atoms with Crippen LogP contribution in [0.2, 0.25) is 0 Å². The molecule has 0 fully saturated rings. The van der Waals surface area contributed by atoms with Gasteiger partial charge in [-0.1, -0.05) is 131 Å². The Morgan fingerprint density at radius 1 is 0.364 bits per heavy atom. The molecule has 0 aliphatic rings. The minimum atomic E-state index is 1.13. The Kier molecular flexibility index (Phi) is 5.72. The fraction of sp³-hybridized carbons (Fsp3) is 0. The molecule has 0 aliphatic carbocycles. The van der Waals surface area contributed by atoms with Crippen molar-refractivity contribution >= 4 is 86.9 Å². The second-order valence-electron chi connectivity index (χ2n) is 11.5. The van der Waals surface area contributed by atoms with Crippen LogP contribution in [0.15, 0.2) is 162 Å². The molecule has 0 saturated heterocycles. The van der Waals surface area contributed by atoms with Crippen molar-refractivity contribution in [1.29, 1.82) is 0 Å². The fourth-order valence-electron chi connectivity index (χ4n) is 6.89. The Labute approximate surface area is 264 Å². The maximum absolute atomic E-state index is 3.79. The number of nitrogens with zero attached hydrogens (tertiary/aromatic N) is 1. The first kappa shape index (κ1) is 25.3. The van der Waals surface area contributed by atoms with Crippen LogP contribution in [0.3, 0.4) is 0 Å². The summed E-state index contributed by atoms with van der Waals surface area (Å²) in [5, 5.41) is 12.7. The summed E-state index contributed by atoms with van der Waals surface area (Å²) in [6.45, 7) is 0. The lowest BCUT2D eigenvalue weighted by atomic mass is 9.90. The van der Waals surface area contributed by atoms with Crippen LogP contribution in [0.4, 0.5) is 17.1 Å². The highest BCUT2D eigenvalue weighted by molar-refractivity contribution is 9.10. The third-order valence-corrected chi connectivity index (χ3v) is 9.72. The lowest BCUT2D eigenvalue weighted by molar-refractivity contribution is 1.29. The Morgan fingerprint density at radius 3 is 1.48 bits per heavy atom. The summed E-state index contributed by atoms with van der Waals surface area (Å²) in [5.74, 6) is 0. The quantitative estimate of drug-likeness (QED) is 0.176. The molecule has 0 aromatic heterocycles. The van der Waals surface area contributed by atoms with Gasteiger partial charge < -0.3 is 4.90 Å². The van der Waals surface area contributed by atoms with Crippen molar-refractivity contribution in [2.45, 2.75) is 0 Å². The first-order valence-corrected chi connectivity index (χ1v) is 15.7. The number of hydrogen-bond donors (Lipinski definition) is 0. The second-order valence-corrected chi connectivity index (χ2v) is 12.4. The van der Waals surface area contributed by atoms with Crippen LogP contribution in [0.1, 0.15) is 0 Å². The van der Waals surface area contributed by atoms with Gasteiger partial charge in [-0.05, 0) is 107 Å². The van der Waals surface area contributed by atoms with Crippen LogP contribution >= 0.6 is 15.9 Å². The molecule has 1 nitrogen and oxygen atoms in total. The molecule has 9 aromatic carbocycles. The van der Waals surface area contributed by atoms with E-state index in [4.69, 9.17) is 0 Å². The molecule has 44 heavy (non-hydrogen) atoms. The molecule has 0 amide bonds. The van der Waals surface area contributed by atoms with Crippen molar-refractivity contribution in [3.63, 3.8) is 0 Å². The smallest absolute Gasteiger partial charge is 0.0468 e. The zero-order valence-electron chi connectivity index (χ0n) is 23.8. The number of halogens is 1. The van der Waals surface area contributed by atoms with Crippen LogP contribution in [0.5, 0.6) is 0 Å². The average Bonchev–Trinajstić information content (AvgIpc) is 3.08. The monoisotopic (exact) mass is 623 g/mol. The Morgan fingerprint density at radius 2 is 0.841 bits per heavy atom. The van der Waals surface area contributed by atoms with Crippen molar-refractivity contribution in [3.05, 3.63) is 162 Å². The second kappa shape index (κ2) is 9.94. The SMILES string of the molecule is Brc1ccc2ccc3c(-c4ccc(N(c5ccc6ccccc6c5)c5ccc6ccccc6c5)cc4)ccc4ccc1c2c43. The van der Waals surface area contributed by atoms with Crippen molar-refractivity contribution in [1.82, 2.24) is 0 Å². The summed E-state index contributed by atoms with van der Waals surface area (Å²) in [5.41, 5.74) is 5.87. The summed E-state index contributed by atoms with van der Waals surface area (Å²) < 4.78 is 1.14. The highest BCUT2D eigenvalue weighted by atomic mass is 79.9. The minimum Gasteiger partial charge on any atom is -0.310 e. The molecule has 9 aromatic rings. The van der Waals surface area contributed by atoms with Gasteiger partial charge in [-0.2, -0.15) is 0 Å². The topological polar surface area (TPSA) is 3.24 Å². The minimum absolute atomic E-state index is 1.13. The molecule has 0 saturated carbocycles. The third kappa shape index (κ3) is 3.99. The van der Waals surface area contributed by atoms with Gasteiger partial charge >= 0.3 is 0 Å². The Bertz CT molecular complexity index is 2430. The summed E-state index contributed by atoms with van der Waals surface area (Å²) in [7, 11) is 0. The van der Waals surface area contributed by atoms with Gasteiger partial charge in [-0.3, -0.25) is 0 Å². The molecule has 0 N–H and O–H groups in total. The zero-order chi connectivity index (χ0) is 29.2. The van der Waals surface area contributed by atoms with E-state index in [0.29, 0.717) is 0 Å². The van der Waals surface area contributed by atoms with E-state index >= 15 is 0 Å². The molecular weight excluding hydrogens is 598 g/mol. The molecule has 0 unspecified atom stereocenters. The molecule has 0 heterocycles. The van der Waals surface area contributed by atoms with Gasteiger partial charge in [-0.25, -0.2) is 0 Å². The van der Waals surface area contributed by atoms with Crippen LogP contribution in [0, 0.1) is 0 Å². The van der Waals surface area contributed by atoms with Crippen molar-refractivity contribution in [3.8, 4) is 11.1 Å². The van der Waals surface area contributed by atoms with Crippen LogP contribution in [-0.2, 0) is 0 Å². The molecule has 2 heteroatoms. The van der Waals surface area contributed by atoms with E-state index in [1.165, 1.54) is 65.0 Å². The molecule has 9 rings (SSSR count). The van der Waals surface area contributed by atoms with Gasteiger partial charge in [0.2, 0.25) is 0 Å². The van der Waals surface area contributed by atoms with Gasteiger partial charge in [0.15, 0.2) is 0 Å². The standard InChI is InChI=1S/C42H26BrN/c43-40-24-16-31-14-22-38-37(21-13-30-15-23-39(40)42(31)41(30)38)29-11-17-34(18-12-29)44(35-19-9-27-5-1-3-7-32(27)25-35)36-20-10-28-6-2-4-8-33(28)26-36/h1-26H. The van der Waals surface area contributed by atoms with E-state index in [2.05, 4.69) is 179 Å². The molecule has 0 atom stereocenters. The zero-order valence-corrected chi connectivity index (χ0v) is 25.4. The Balaban J connectivity index is 1.20. The molecule has 0 aliphatic heterocycles. The number of benzene rings is 9. The van der Waals surface area contributed by atoms with Gasteiger partial charge in [0.25, 0.3) is 0 Å². The van der Waals surface area contributed by atoms with Crippen molar-refractivity contribution in [2.75, 3.05) is 4.90 Å². The van der Waals surface area contributed by atoms with E-state index in [1.807, 2.05) is 0 Å². The first-order valence-electron chi connectivity index (χ1n) is 15.0. The first-order chi connectivity index (χ1) is 21.7. The number of rotatable bonds is 4. The van der Waals surface area contributed by atoms with Gasteiger partial charge in [-0.15, -0.1) is 0 Å². The highest BCUT2D eigenvalue weighted by Gasteiger charge is 2.16. The van der Waals surface area contributed by atoms with Gasteiger partial charge in [0.05, 0.1) is 0 Å². The highest BCUT2D eigenvalue weighted by Crippen LogP contribution is 2.43. The normalized spacial score (nSPS) is 11.8. The lowest BCUT2D eigenvalue weighted by Gasteiger charge is -2.26. The molecule has 0 radical (unpaired) electrons. The number of fused-ring (bicyclic) bond motifs is 2. The maximum atomic E-state index is 3.79. The van der Waals surface area contributed by atoms with Gasteiger partial charge in [0, 0.05) is 21.5 Å². The van der Waals surface area contributed by atoms with Crippen LogP contribution in [0.25, 0.3) is 65.0 Å². The molecule has 0 spiro atoms.